The van der Waals surface area contributed by atoms with Gasteiger partial charge < -0.3 is 9.32 Å². The average Bonchev–Trinajstić information content (AvgIpc) is 3.39. The lowest BCUT2D eigenvalue weighted by atomic mass is 10.2. The van der Waals surface area contributed by atoms with E-state index in [1.54, 1.807) is 25.3 Å². The van der Waals surface area contributed by atoms with Gasteiger partial charge in [-0.05, 0) is 30.0 Å². The molecule has 9 heteroatoms. The molecule has 0 saturated carbocycles. The molecule has 0 fully saturated rings. The van der Waals surface area contributed by atoms with Crippen molar-refractivity contribution in [3.63, 3.8) is 0 Å². The molecule has 0 N–H and O–H groups in total. The monoisotopic (exact) mass is 385 g/mol. The lowest BCUT2D eigenvalue weighted by molar-refractivity contribution is -0.130. The van der Waals surface area contributed by atoms with E-state index in [-0.39, 0.29) is 11.5 Å². The van der Waals surface area contributed by atoms with Crippen molar-refractivity contribution in [2.75, 3.05) is 7.05 Å². The van der Waals surface area contributed by atoms with Crippen molar-refractivity contribution in [3.05, 3.63) is 51.8 Å². The number of fused-ring (bicyclic) bond motifs is 3. The Bertz CT molecular complexity index is 1160. The van der Waals surface area contributed by atoms with E-state index in [1.165, 1.54) is 15.9 Å². The van der Waals surface area contributed by atoms with Crippen LogP contribution < -0.4 is 5.56 Å². The van der Waals surface area contributed by atoms with Crippen LogP contribution in [0.1, 0.15) is 24.4 Å². The summed E-state index contributed by atoms with van der Waals surface area (Å²) in [4.78, 5) is 26.3. The number of carbonyl (C=O) groups excluding carboxylic acids is 1. The molecule has 4 rings (SSSR count). The maximum atomic E-state index is 12.4. The summed E-state index contributed by atoms with van der Waals surface area (Å²) in [5, 5.41) is 10.3. The summed E-state index contributed by atoms with van der Waals surface area (Å²) >= 11 is 1.41. The predicted octanol–water partition coefficient (Wildman–Crippen LogP) is 2.22. The molecule has 4 heterocycles. The molecule has 4 aromatic rings. The average molecular weight is 385 g/mol. The molecule has 1 amide bonds. The SMILES string of the molecule is CN(Cc1ccco1)C(=O)CCCc1nnc2n(C)c(=O)c3sccc3n12. The molecule has 0 unspecified atom stereocenters. The molecule has 0 saturated heterocycles. The summed E-state index contributed by atoms with van der Waals surface area (Å²) in [6.45, 7) is 0.456. The largest absolute Gasteiger partial charge is 0.467 e. The van der Waals surface area contributed by atoms with Crippen LogP contribution >= 0.6 is 11.3 Å². The number of aryl methyl sites for hydroxylation is 2. The lowest BCUT2D eigenvalue weighted by Crippen LogP contribution is -2.25. The van der Waals surface area contributed by atoms with Crippen LogP contribution in [0.15, 0.2) is 39.1 Å². The number of nitrogens with zero attached hydrogens (tertiary/aromatic N) is 5. The number of furan rings is 1. The van der Waals surface area contributed by atoms with Crippen LogP contribution in [0, 0.1) is 0 Å². The Kier molecular flexibility index (Phi) is 4.53. The van der Waals surface area contributed by atoms with Gasteiger partial charge in [0.1, 0.15) is 16.3 Å². The second-order valence-corrected chi connectivity index (χ2v) is 7.35. The number of carbonyl (C=O) groups is 1. The molecule has 27 heavy (non-hydrogen) atoms. The van der Waals surface area contributed by atoms with Gasteiger partial charge in [-0.2, -0.15) is 0 Å². The fourth-order valence-electron chi connectivity index (χ4n) is 3.13. The second kappa shape index (κ2) is 6.99. The molecule has 4 aromatic heterocycles. The van der Waals surface area contributed by atoms with Crippen LogP contribution in [0.25, 0.3) is 16.0 Å². The number of amides is 1. The summed E-state index contributed by atoms with van der Waals surface area (Å²) in [6, 6.07) is 5.56. The van der Waals surface area contributed by atoms with E-state index in [1.807, 2.05) is 28.0 Å². The molecule has 0 bridgehead atoms. The Morgan fingerprint density at radius 2 is 2.19 bits per heavy atom. The van der Waals surface area contributed by atoms with Crippen molar-refractivity contribution in [1.29, 1.82) is 0 Å². The first-order chi connectivity index (χ1) is 13.1. The first kappa shape index (κ1) is 17.5. The molecule has 0 aliphatic carbocycles. The Morgan fingerprint density at radius 3 is 2.96 bits per heavy atom. The number of hydrogen-bond donors (Lipinski definition) is 0. The molecule has 8 nitrogen and oxygen atoms in total. The van der Waals surface area contributed by atoms with Crippen LogP contribution in [-0.4, -0.2) is 37.0 Å². The lowest BCUT2D eigenvalue weighted by Gasteiger charge is -2.15. The summed E-state index contributed by atoms with van der Waals surface area (Å²) in [5.41, 5.74) is 0.751. The zero-order valence-corrected chi connectivity index (χ0v) is 15.9. The maximum Gasteiger partial charge on any atom is 0.272 e. The van der Waals surface area contributed by atoms with Gasteiger partial charge in [-0.1, -0.05) is 0 Å². The summed E-state index contributed by atoms with van der Waals surface area (Å²) in [7, 11) is 3.46. The van der Waals surface area contributed by atoms with E-state index >= 15 is 0 Å². The second-order valence-electron chi connectivity index (χ2n) is 6.43. The number of rotatable bonds is 6. The molecule has 0 atom stereocenters. The summed E-state index contributed by atoms with van der Waals surface area (Å²) in [6.07, 6.45) is 3.26. The van der Waals surface area contributed by atoms with Gasteiger partial charge in [-0.15, -0.1) is 21.5 Å². The van der Waals surface area contributed by atoms with E-state index in [9.17, 15) is 9.59 Å². The minimum Gasteiger partial charge on any atom is -0.467 e. The first-order valence-corrected chi connectivity index (χ1v) is 9.51. The third kappa shape index (κ3) is 3.14. The number of hydrogen-bond acceptors (Lipinski definition) is 6. The molecule has 0 spiro atoms. The molecule has 0 aliphatic rings. The Morgan fingerprint density at radius 1 is 1.33 bits per heavy atom. The van der Waals surface area contributed by atoms with Crippen LogP contribution in [0.3, 0.4) is 0 Å². The standard InChI is InChI=1S/C18H19N5O3S/c1-21(11-12-5-4-9-26-12)15(24)7-3-6-14-19-20-18-22(2)17(25)16-13(23(14)18)8-10-27-16/h4-5,8-10H,3,6-7,11H2,1-2H3. The molecule has 140 valence electrons. The smallest absolute Gasteiger partial charge is 0.272 e. The Hall–Kier alpha value is -2.94. The first-order valence-electron chi connectivity index (χ1n) is 8.63. The summed E-state index contributed by atoms with van der Waals surface area (Å²) in [5.74, 6) is 2.08. The van der Waals surface area contributed by atoms with Gasteiger partial charge in [0, 0.05) is 26.9 Å². The number of thiophene rings is 1. The van der Waals surface area contributed by atoms with Gasteiger partial charge in [0.05, 0.1) is 18.3 Å². The third-order valence-electron chi connectivity index (χ3n) is 4.59. The van der Waals surface area contributed by atoms with Crippen LogP contribution in [0.5, 0.6) is 0 Å². The fourth-order valence-corrected chi connectivity index (χ4v) is 3.98. The van der Waals surface area contributed by atoms with Crippen LogP contribution in [0.4, 0.5) is 0 Å². The van der Waals surface area contributed by atoms with Crippen molar-refractivity contribution in [3.8, 4) is 0 Å². The van der Waals surface area contributed by atoms with E-state index in [0.717, 1.165) is 17.1 Å². The molecule has 0 radical (unpaired) electrons. The van der Waals surface area contributed by atoms with Crippen molar-refractivity contribution in [2.45, 2.75) is 25.8 Å². The van der Waals surface area contributed by atoms with E-state index < -0.39 is 0 Å². The van der Waals surface area contributed by atoms with Gasteiger partial charge in [0.15, 0.2) is 0 Å². The van der Waals surface area contributed by atoms with Gasteiger partial charge in [-0.3, -0.25) is 18.6 Å². The topological polar surface area (TPSA) is 85.6 Å². The molecule has 0 aromatic carbocycles. The van der Waals surface area contributed by atoms with Crippen molar-refractivity contribution >= 4 is 33.2 Å². The van der Waals surface area contributed by atoms with Crippen LogP contribution in [-0.2, 0) is 24.8 Å². The van der Waals surface area contributed by atoms with Gasteiger partial charge in [-0.25, -0.2) is 0 Å². The molecular formula is C18H19N5O3S. The number of aromatic nitrogens is 4. The van der Waals surface area contributed by atoms with E-state index in [2.05, 4.69) is 10.2 Å². The van der Waals surface area contributed by atoms with Crippen molar-refractivity contribution < 1.29 is 9.21 Å². The van der Waals surface area contributed by atoms with E-state index in [4.69, 9.17) is 4.42 Å². The highest BCUT2D eigenvalue weighted by Gasteiger charge is 2.16. The molecule has 0 aliphatic heterocycles. The zero-order chi connectivity index (χ0) is 19.0. The predicted molar refractivity (Wildman–Crippen MR) is 102 cm³/mol. The Labute approximate surface area is 158 Å². The highest BCUT2D eigenvalue weighted by Crippen LogP contribution is 2.20. The normalized spacial score (nSPS) is 11.5. The van der Waals surface area contributed by atoms with E-state index in [0.29, 0.717) is 36.3 Å². The van der Waals surface area contributed by atoms with Crippen LogP contribution in [0.2, 0.25) is 0 Å². The quantitative estimate of drug-likeness (QED) is 0.508. The zero-order valence-electron chi connectivity index (χ0n) is 15.1. The highest BCUT2D eigenvalue weighted by atomic mass is 32.1. The third-order valence-corrected chi connectivity index (χ3v) is 5.48. The van der Waals surface area contributed by atoms with Gasteiger partial charge >= 0.3 is 0 Å². The van der Waals surface area contributed by atoms with Crippen molar-refractivity contribution in [1.82, 2.24) is 24.1 Å². The summed E-state index contributed by atoms with van der Waals surface area (Å²) < 4.78 is 9.38. The minimum absolute atomic E-state index is 0.0494. The van der Waals surface area contributed by atoms with Gasteiger partial charge in [0.2, 0.25) is 11.7 Å². The minimum atomic E-state index is -0.0684. The maximum absolute atomic E-state index is 12.4. The van der Waals surface area contributed by atoms with Crippen molar-refractivity contribution in [2.24, 2.45) is 7.05 Å². The fraction of sp³-hybridized carbons (Fsp3) is 0.333. The Balaban J connectivity index is 1.48. The molecular weight excluding hydrogens is 366 g/mol. The van der Waals surface area contributed by atoms with Gasteiger partial charge in [0.25, 0.3) is 5.56 Å². The highest BCUT2D eigenvalue weighted by molar-refractivity contribution is 7.17.